The van der Waals surface area contributed by atoms with Gasteiger partial charge in [0.15, 0.2) is 12.1 Å². The number of carbonyl (C=O) groups is 1. The van der Waals surface area contributed by atoms with Gasteiger partial charge in [0.1, 0.15) is 24.4 Å². The molecule has 0 unspecified atom stereocenters. The first-order valence-corrected chi connectivity index (χ1v) is 14.0. The minimum Gasteiger partial charge on any atom is -0.444 e. The van der Waals surface area contributed by atoms with Crippen molar-refractivity contribution in [1.82, 2.24) is 5.32 Å². The monoisotopic (exact) mass is 505 g/mol. The first kappa shape index (κ1) is 28.9. The zero-order chi connectivity index (χ0) is 25.8. The molecular formula is C29H47NO6. The van der Waals surface area contributed by atoms with Crippen LogP contribution in [0.5, 0.6) is 0 Å². The maximum Gasteiger partial charge on any atom is 0.407 e. The summed E-state index contributed by atoms with van der Waals surface area (Å²) in [5.41, 5.74) is 1.01. The predicted octanol–water partition coefficient (Wildman–Crippen LogP) is 6.48. The minimum absolute atomic E-state index is 0.341. The summed E-state index contributed by atoms with van der Waals surface area (Å²) in [6.07, 6.45) is 10.1. The number of hydrogen-bond acceptors (Lipinski definition) is 6. The van der Waals surface area contributed by atoms with Crippen molar-refractivity contribution in [3.63, 3.8) is 0 Å². The van der Waals surface area contributed by atoms with Gasteiger partial charge in [-0.15, -0.1) is 0 Å². The summed E-state index contributed by atoms with van der Waals surface area (Å²) < 4.78 is 30.1. The number of nitrogens with one attached hydrogen (secondary N) is 1. The van der Waals surface area contributed by atoms with Crippen molar-refractivity contribution in [2.75, 3.05) is 6.61 Å². The molecule has 0 spiro atoms. The van der Waals surface area contributed by atoms with E-state index in [9.17, 15) is 4.79 Å². The van der Waals surface area contributed by atoms with Gasteiger partial charge in [-0.25, -0.2) is 4.79 Å². The second kappa shape index (κ2) is 14.9. The largest absolute Gasteiger partial charge is 0.444 e. The normalized spacial score (nSPS) is 25.4. The maximum atomic E-state index is 12.4. The smallest absolute Gasteiger partial charge is 0.407 e. The van der Waals surface area contributed by atoms with E-state index in [1.807, 2.05) is 51.1 Å². The van der Waals surface area contributed by atoms with Crippen molar-refractivity contribution in [3.8, 4) is 0 Å². The fourth-order valence-corrected chi connectivity index (χ4v) is 4.94. The second-order valence-corrected chi connectivity index (χ2v) is 10.5. The Morgan fingerprint density at radius 1 is 0.944 bits per heavy atom. The van der Waals surface area contributed by atoms with Gasteiger partial charge < -0.3 is 29.0 Å². The van der Waals surface area contributed by atoms with Gasteiger partial charge in [-0.05, 0) is 32.8 Å². The van der Waals surface area contributed by atoms with Crippen molar-refractivity contribution >= 4 is 6.09 Å². The third kappa shape index (κ3) is 9.33. The molecule has 2 aliphatic heterocycles. The quantitative estimate of drug-likeness (QED) is 0.259. The molecule has 1 N–H and O–H groups in total. The van der Waals surface area contributed by atoms with Crippen LogP contribution >= 0.6 is 0 Å². The molecule has 204 valence electrons. The van der Waals surface area contributed by atoms with E-state index in [1.165, 1.54) is 51.4 Å². The summed E-state index contributed by atoms with van der Waals surface area (Å²) in [6, 6.07) is 9.73. The van der Waals surface area contributed by atoms with Crippen LogP contribution in [0.2, 0.25) is 0 Å². The highest BCUT2D eigenvalue weighted by molar-refractivity contribution is 5.67. The number of alkyl carbamates (subject to hydrolysis) is 1. The molecule has 1 amide bonds. The van der Waals surface area contributed by atoms with Crippen molar-refractivity contribution in [2.24, 2.45) is 0 Å². The lowest BCUT2D eigenvalue weighted by Crippen LogP contribution is -2.41. The molecule has 5 atom stereocenters. The van der Waals surface area contributed by atoms with E-state index in [2.05, 4.69) is 12.2 Å². The zero-order valence-electron chi connectivity index (χ0n) is 22.7. The number of unbranched alkanes of at least 4 members (excludes halogenated alkanes) is 9. The molecule has 2 aliphatic rings. The van der Waals surface area contributed by atoms with Crippen LogP contribution in [0.15, 0.2) is 30.3 Å². The fourth-order valence-electron chi connectivity index (χ4n) is 4.94. The summed E-state index contributed by atoms with van der Waals surface area (Å²) in [5, 5.41) is 2.80. The van der Waals surface area contributed by atoms with E-state index in [1.54, 1.807) is 0 Å². The van der Waals surface area contributed by atoms with Gasteiger partial charge in [0.05, 0.1) is 0 Å². The lowest BCUT2D eigenvalue weighted by atomic mass is 10.1. The molecule has 36 heavy (non-hydrogen) atoms. The Balaban J connectivity index is 1.37. The summed E-state index contributed by atoms with van der Waals surface area (Å²) in [4.78, 5) is 12.4. The fraction of sp³-hybridized carbons (Fsp3) is 0.759. The van der Waals surface area contributed by atoms with Crippen molar-refractivity contribution in [1.29, 1.82) is 0 Å². The first-order chi connectivity index (χ1) is 17.4. The molecule has 2 heterocycles. The van der Waals surface area contributed by atoms with E-state index in [4.69, 9.17) is 23.7 Å². The number of carbonyl (C=O) groups excluding carboxylic acids is 1. The van der Waals surface area contributed by atoms with E-state index in [-0.39, 0.29) is 12.2 Å². The SMILES string of the molecule is CCCCCCCCCCCCO[C@H]1O[C@H]([C@@H](C)OC(=O)NCc2ccccc2)[C@@H]2OC(C)(C)O[C@H]12. The molecule has 0 aromatic heterocycles. The maximum absolute atomic E-state index is 12.4. The molecular weight excluding hydrogens is 458 g/mol. The molecule has 0 bridgehead atoms. The Labute approximate surface area is 217 Å². The molecule has 0 radical (unpaired) electrons. The van der Waals surface area contributed by atoms with Crippen LogP contribution in [0.1, 0.15) is 97.5 Å². The van der Waals surface area contributed by atoms with Crippen LogP contribution in [0, 0.1) is 0 Å². The van der Waals surface area contributed by atoms with Crippen LogP contribution in [0.4, 0.5) is 4.79 Å². The average molecular weight is 506 g/mol. The van der Waals surface area contributed by atoms with Gasteiger partial charge in [-0.2, -0.15) is 0 Å². The Morgan fingerprint density at radius 2 is 1.56 bits per heavy atom. The van der Waals surface area contributed by atoms with E-state index < -0.39 is 30.4 Å². The molecule has 7 heteroatoms. The van der Waals surface area contributed by atoms with Gasteiger partial charge in [-0.3, -0.25) is 0 Å². The lowest BCUT2D eigenvalue weighted by Gasteiger charge is -2.27. The molecule has 0 saturated carbocycles. The summed E-state index contributed by atoms with van der Waals surface area (Å²) in [5.74, 6) is -0.731. The molecule has 7 nitrogen and oxygen atoms in total. The first-order valence-electron chi connectivity index (χ1n) is 14.0. The second-order valence-electron chi connectivity index (χ2n) is 10.5. The Morgan fingerprint density at radius 3 is 2.22 bits per heavy atom. The van der Waals surface area contributed by atoms with Crippen LogP contribution in [0.3, 0.4) is 0 Å². The number of amides is 1. The molecule has 1 aromatic carbocycles. The molecule has 1 aromatic rings. The summed E-state index contributed by atoms with van der Waals surface area (Å²) in [7, 11) is 0. The van der Waals surface area contributed by atoms with Crippen molar-refractivity contribution < 1.29 is 28.5 Å². The standard InChI is InChI=1S/C29H47NO6/c1-5-6-7-8-9-10-11-12-13-17-20-32-27-26-25(35-29(3,4)36-26)24(34-27)22(2)33-28(31)30-21-23-18-15-14-16-19-23/h14-16,18-19,22,24-27H,5-13,17,20-21H2,1-4H3,(H,30,31)/t22-,24-,25+,26+,27+/m1/s1. The predicted molar refractivity (Wildman–Crippen MR) is 140 cm³/mol. The highest BCUT2D eigenvalue weighted by Gasteiger charge is 2.57. The molecule has 0 aliphatic carbocycles. The number of fused-ring (bicyclic) bond motifs is 1. The van der Waals surface area contributed by atoms with Gasteiger partial charge >= 0.3 is 6.09 Å². The van der Waals surface area contributed by atoms with Crippen LogP contribution < -0.4 is 5.32 Å². The number of rotatable bonds is 16. The lowest BCUT2D eigenvalue weighted by molar-refractivity contribution is -0.241. The Kier molecular flexibility index (Phi) is 12.0. The third-order valence-corrected chi connectivity index (χ3v) is 6.86. The highest BCUT2D eigenvalue weighted by Crippen LogP contribution is 2.40. The van der Waals surface area contributed by atoms with Gasteiger partial charge in [0.25, 0.3) is 0 Å². The van der Waals surface area contributed by atoms with E-state index >= 15 is 0 Å². The van der Waals surface area contributed by atoms with Crippen LogP contribution in [-0.2, 0) is 30.2 Å². The Hall–Kier alpha value is -1.67. The van der Waals surface area contributed by atoms with Crippen molar-refractivity contribution in [3.05, 3.63) is 35.9 Å². The molecule has 3 rings (SSSR count). The zero-order valence-corrected chi connectivity index (χ0v) is 22.7. The Bertz CT molecular complexity index is 757. The van der Waals surface area contributed by atoms with Crippen LogP contribution in [-0.4, -0.2) is 49.2 Å². The van der Waals surface area contributed by atoms with Gasteiger partial charge in [0, 0.05) is 13.2 Å². The van der Waals surface area contributed by atoms with Gasteiger partial charge in [-0.1, -0.05) is 95.0 Å². The highest BCUT2D eigenvalue weighted by atomic mass is 16.8. The summed E-state index contributed by atoms with van der Waals surface area (Å²) in [6.45, 7) is 8.88. The van der Waals surface area contributed by atoms with Crippen LogP contribution in [0.25, 0.3) is 0 Å². The number of ether oxygens (including phenoxy) is 5. The van der Waals surface area contributed by atoms with Crippen molar-refractivity contribution in [2.45, 2.75) is 135 Å². The van der Waals surface area contributed by atoms with E-state index in [0.29, 0.717) is 13.2 Å². The molecule has 2 fully saturated rings. The minimum atomic E-state index is -0.731. The molecule has 2 saturated heterocycles. The summed E-state index contributed by atoms with van der Waals surface area (Å²) >= 11 is 0. The van der Waals surface area contributed by atoms with E-state index in [0.717, 1.165) is 18.4 Å². The van der Waals surface area contributed by atoms with Gasteiger partial charge in [0.2, 0.25) is 0 Å². The third-order valence-electron chi connectivity index (χ3n) is 6.86. The topological polar surface area (TPSA) is 75.3 Å². The number of hydrogen-bond donors (Lipinski definition) is 1. The number of benzene rings is 1. The average Bonchev–Trinajstić information content (AvgIpc) is 3.35.